The van der Waals surface area contributed by atoms with Gasteiger partial charge in [0.25, 0.3) is 0 Å². The molecule has 0 spiro atoms. The Balaban J connectivity index is 1.65. The lowest BCUT2D eigenvalue weighted by Crippen LogP contribution is -2.45. The lowest BCUT2D eigenvalue weighted by molar-refractivity contribution is -0.0352. The zero-order valence-corrected chi connectivity index (χ0v) is 12.8. The van der Waals surface area contributed by atoms with Crippen molar-refractivity contribution in [3.63, 3.8) is 0 Å². The molecule has 3 aliphatic rings. The molecule has 0 aromatic heterocycles. The van der Waals surface area contributed by atoms with Crippen LogP contribution in [0.25, 0.3) is 0 Å². The van der Waals surface area contributed by atoms with Crippen LogP contribution in [0.4, 0.5) is 5.69 Å². The fourth-order valence-electron chi connectivity index (χ4n) is 4.26. The van der Waals surface area contributed by atoms with Crippen molar-refractivity contribution in [3.05, 3.63) is 29.8 Å². The summed E-state index contributed by atoms with van der Waals surface area (Å²) in [7, 11) is 0. The molecule has 1 saturated heterocycles. The Morgan fingerprint density at radius 3 is 2.76 bits per heavy atom. The molecule has 2 aliphatic heterocycles. The topological polar surface area (TPSA) is 35.8 Å². The Morgan fingerprint density at radius 2 is 1.95 bits per heavy atom. The summed E-state index contributed by atoms with van der Waals surface area (Å²) in [4.78, 5) is 7.29. The van der Waals surface area contributed by atoms with E-state index in [4.69, 9.17) is 4.99 Å². The highest BCUT2D eigenvalue weighted by Crippen LogP contribution is 2.44. The molecule has 0 amide bonds. The number of hydrogen-bond donors (Lipinski definition) is 1. The van der Waals surface area contributed by atoms with Crippen LogP contribution in [0, 0.1) is 11.8 Å². The van der Waals surface area contributed by atoms with E-state index in [1.54, 1.807) is 0 Å². The van der Waals surface area contributed by atoms with Gasteiger partial charge in [0.05, 0.1) is 11.3 Å². The van der Waals surface area contributed by atoms with Crippen molar-refractivity contribution in [2.75, 3.05) is 6.54 Å². The number of hydrogen-bond acceptors (Lipinski definition) is 3. The van der Waals surface area contributed by atoms with Crippen LogP contribution in [-0.4, -0.2) is 28.0 Å². The maximum atomic E-state index is 11.2. The first-order chi connectivity index (χ1) is 10.2. The van der Waals surface area contributed by atoms with E-state index in [2.05, 4.69) is 36.1 Å². The van der Waals surface area contributed by atoms with Crippen molar-refractivity contribution in [3.8, 4) is 0 Å². The fourth-order valence-corrected chi connectivity index (χ4v) is 4.26. The van der Waals surface area contributed by atoms with Gasteiger partial charge in [-0.2, -0.15) is 0 Å². The normalized spacial score (nSPS) is 35.1. The van der Waals surface area contributed by atoms with Gasteiger partial charge in [-0.15, -0.1) is 0 Å². The van der Waals surface area contributed by atoms with Crippen LogP contribution >= 0.6 is 0 Å². The van der Waals surface area contributed by atoms with Crippen LogP contribution in [0.1, 0.15) is 44.6 Å². The van der Waals surface area contributed by atoms with E-state index in [9.17, 15) is 5.11 Å². The summed E-state index contributed by atoms with van der Waals surface area (Å²) in [5, 5.41) is 11.2. The third-order valence-corrected chi connectivity index (χ3v) is 5.70. The van der Waals surface area contributed by atoms with Crippen molar-refractivity contribution in [2.45, 2.75) is 51.2 Å². The van der Waals surface area contributed by atoms with Crippen LogP contribution in [0.2, 0.25) is 0 Å². The molecule has 1 aromatic rings. The molecular weight excluding hydrogens is 260 g/mol. The minimum absolute atomic E-state index is 0.235. The average Bonchev–Trinajstić information content (AvgIpc) is 2.91. The maximum absolute atomic E-state index is 11.2. The Morgan fingerprint density at radius 1 is 1.19 bits per heavy atom. The van der Waals surface area contributed by atoms with Gasteiger partial charge in [-0.25, -0.2) is 4.99 Å². The summed E-state index contributed by atoms with van der Waals surface area (Å²) in [6.07, 6.45) is 5.23. The molecule has 21 heavy (non-hydrogen) atoms. The predicted molar refractivity (Wildman–Crippen MR) is 84.6 cm³/mol. The summed E-state index contributed by atoms with van der Waals surface area (Å²) >= 11 is 0. The molecule has 0 radical (unpaired) electrons. The van der Waals surface area contributed by atoms with Crippen LogP contribution < -0.4 is 0 Å². The third-order valence-electron chi connectivity index (χ3n) is 5.70. The largest absolute Gasteiger partial charge is 0.389 e. The molecule has 3 heteroatoms. The van der Waals surface area contributed by atoms with Gasteiger partial charge < -0.3 is 10.0 Å². The first-order valence-corrected chi connectivity index (χ1v) is 8.29. The number of rotatable bonds is 1. The number of para-hydroxylation sites is 1. The SMILES string of the molecule is CC1CCC(O)(C2CCN3Cc4ccccc4N=C23)CC1. The van der Waals surface area contributed by atoms with Crippen molar-refractivity contribution in [2.24, 2.45) is 16.8 Å². The summed E-state index contributed by atoms with van der Waals surface area (Å²) in [6.45, 7) is 4.29. The smallest absolute Gasteiger partial charge is 0.111 e. The molecule has 3 nitrogen and oxygen atoms in total. The zero-order valence-electron chi connectivity index (χ0n) is 12.8. The quantitative estimate of drug-likeness (QED) is 0.857. The van der Waals surface area contributed by atoms with E-state index < -0.39 is 5.60 Å². The van der Waals surface area contributed by atoms with Crippen molar-refractivity contribution in [1.82, 2.24) is 4.90 Å². The molecule has 4 rings (SSSR count). The lowest BCUT2D eigenvalue weighted by Gasteiger charge is -2.40. The van der Waals surface area contributed by atoms with Gasteiger partial charge in [-0.05, 0) is 49.7 Å². The minimum Gasteiger partial charge on any atom is -0.389 e. The summed E-state index contributed by atoms with van der Waals surface area (Å²) in [5.74, 6) is 2.14. The molecule has 0 bridgehead atoms. The zero-order chi connectivity index (χ0) is 14.4. The Kier molecular flexibility index (Phi) is 3.07. The van der Waals surface area contributed by atoms with Crippen LogP contribution in [-0.2, 0) is 6.54 Å². The molecule has 1 atom stereocenters. The number of aliphatic imine (C=N–C) groups is 1. The number of benzene rings is 1. The molecule has 1 unspecified atom stereocenters. The highest BCUT2D eigenvalue weighted by atomic mass is 16.3. The van der Waals surface area contributed by atoms with Crippen molar-refractivity contribution in [1.29, 1.82) is 0 Å². The van der Waals surface area contributed by atoms with Gasteiger partial charge in [0.1, 0.15) is 5.84 Å². The van der Waals surface area contributed by atoms with E-state index >= 15 is 0 Å². The standard InChI is InChI=1S/C18H24N2O/c1-13-6-9-18(21,10-7-13)15-8-11-20-12-14-4-2-3-5-16(14)19-17(15)20/h2-5,13,15,21H,6-12H2,1H3. The number of amidine groups is 1. The average molecular weight is 284 g/mol. The van der Waals surface area contributed by atoms with Crippen LogP contribution in [0.3, 0.4) is 0 Å². The van der Waals surface area contributed by atoms with E-state index in [-0.39, 0.29) is 5.92 Å². The highest BCUT2D eigenvalue weighted by molar-refractivity contribution is 5.91. The van der Waals surface area contributed by atoms with Crippen LogP contribution in [0.15, 0.2) is 29.3 Å². The highest BCUT2D eigenvalue weighted by Gasteiger charge is 2.47. The Hall–Kier alpha value is -1.35. The van der Waals surface area contributed by atoms with Crippen molar-refractivity contribution < 1.29 is 5.11 Å². The molecule has 1 saturated carbocycles. The summed E-state index contributed by atoms with van der Waals surface area (Å²) in [5.41, 5.74) is 1.89. The van der Waals surface area contributed by atoms with E-state index in [0.29, 0.717) is 0 Å². The van der Waals surface area contributed by atoms with E-state index in [0.717, 1.165) is 62.6 Å². The third kappa shape index (κ3) is 2.18. The van der Waals surface area contributed by atoms with Gasteiger partial charge in [0.15, 0.2) is 0 Å². The monoisotopic (exact) mass is 284 g/mol. The number of aliphatic hydroxyl groups is 1. The first kappa shape index (κ1) is 13.3. The first-order valence-electron chi connectivity index (χ1n) is 8.29. The second-order valence-corrected chi connectivity index (χ2v) is 7.15. The van der Waals surface area contributed by atoms with Gasteiger partial charge in [-0.1, -0.05) is 25.1 Å². The second kappa shape index (κ2) is 4.84. The van der Waals surface area contributed by atoms with Crippen molar-refractivity contribution >= 4 is 11.5 Å². The van der Waals surface area contributed by atoms with Gasteiger partial charge in [-0.3, -0.25) is 0 Å². The molecule has 1 N–H and O–H groups in total. The second-order valence-electron chi connectivity index (χ2n) is 7.15. The molecule has 2 heterocycles. The minimum atomic E-state index is -0.521. The van der Waals surface area contributed by atoms with Gasteiger partial charge in [0, 0.05) is 19.0 Å². The molecule has 1 aromatic carbocycles. The molecule has 2 fully saturated rings. The predicted octanol–water partition coefficient (Wildman–Crippen LogP) is 3.49. The van der Waals surface area contributed by atoms with Crippen LogP contribution in [0.5, 0.6) is 0 Å². The van der Waals surface area contributed by atoms with E-state index in [1.165, 1.54) is 5.56 Å². The number of nitrogens with zero attached hydrogens (tertiary/aromatic N) is 2. The maximum Gasteiger partial charge on any atom is 0.111 e. The fraction of sp³-hybridized carbons (Fsp3) is 0.611. The summed E-state index contributed by atoms with van der Waals surface area (Å²) in [6, 6.07) is 8.41. The van der Waals surface area contributed by atoms with E-state index in [1.807, 2.05) is 0 Å². The van der Waals surface area contributed by atoms with Gasteiger partial charge >= 0.3 is 0 Å². The molecule has 112 valence electrons. The Bertz CT molecular complexity index is 572. The molecular formula is C18H24N2O. The Labute approximate surface area is 126 Å². The lowest BCUT2D eigenvalue weighted by atomic mass is 9.72. The van der Waals surface area contributed by atoms with Gasteiger partial charge in [0.2, 0.25) is 0 Å². The summed E-state index contributed by atoms with van der Waals surface area (Å²) < 4.78 is 0. The molecule has 1 aliphatic carbocycles. The number of fused-ring (bicyclic) bond motifs is 2.